The zero-order valence-corrected chi connectivity index (χ0v) is 15.3. The number of para-hydroxylation sites is 1. The summed E-state index contributed by atoms with van der Waals surface area (Å²) in [6.07, 6.45) is 5.22. The van der Waals surface area contributed by atoms with Crippen molar-refractivity contribution in [3.63, 3.8) is 0 Å². The van der Waals surface area contributed by atoms with Crippen molar-refractivity contribution in [1.82, 2.24) is 4.90 Å². The molecule has 1 aromatic rings. The summed E-state index contributed by atoms with van der Waals surface area (Å²) < 4.78 is 0. The van der Waals surface area contributed by atoms with Gasteiger partial charge in [-0.05, 0) is 44.2 Å². The molecule has 0 atom stereocenters. The van der Waals surface area contributed by atoms with Gasteiger partial charge in [0, 0.05) is 25.4 Å². The van der Waals surface area contributed by atoms with E-state index in [9.17, 15) is 9.59 Å². The summed E-state index contributed by atoms with van der Waals surface area (Å²) in [5.41, 5.74) is 0.654. The maximum atomic E-state index is 12.4. The molecule has 24 heavy (non-hydrogen) atoms. The third-order valence-electron chi connectivity index (χ3n) is 4.80. The van der Waals surface area contributed by atoms with Crippen LogP contribution in [0.3, 0.4) is 0 Å². The molecule has 1 aliphatic carbocycles. The molecule has 0 radical (unpaired) electrons. The molecule has 5 heteroatoms. The number of benzene rings is 1. The molecule has 2 amide bonds. The van der Waals surface area contributed by atoms with Gasteiger partial charge in [0.25, 0.3) is 0 Å². The first-order valence-electron chi connectivity index (χ1n) is 8.83. The van der Waals surface area contributed by atoms with E-state index in [0.29, 0.717) is 10.7 Å². The van der Waals surface area contributed by atoms with E-state index >= 15 is 0 Å². The highest BCUT2D eigenvalue weighted by atomic mass is 35.5. The lowest BCUT2D eigenvalue weighted by atomic mass is 9.81. The quantitative estimate of drug-likeness (QED) is 0.829. The Hall–Kier alpha value is -1.55. The second kappa shape index (κ2) is 9.07. The molecule has 0 spiro atoms. The lowest BCUT2D eigenvalue weighted by Crippen LogP contribution is -2.37. The van der Waals surface area contributed by atoms with Crippen molar-refractivity contribution in [2.24, 2.45) is 11.8 Å². The fourth-order valence-corrected chi connectivity index (χ4v) is 3.40. The number of carbonyl (C=O) groups is 2. The van der Waals surface area contributed by atoms with E-state index in [2.05, 4.69) is 12.2 Å². The van der Waals surface area contributed by atoms with Crippen LogP contribution in [0, 0.1) is 11.8 Å². The van der Waals surface area contributed by atoms with E-state index in [1.54, 1.807) is 12.1 Å². The number of hydrogen-bond acceptors (Lipinski definition) is 2. The average molecular weight is 351 g/mol. The van der Waals surface area contributed by atoms with Gasteiger partial charge >= 0.3 is 0 Å². The van der Waals surface area contributed by atoms with Crippen LogP contribution in [0.4, 0.5) is 5.69 Å². The summed E-state index contributed by atoms with van der Waals surface area (Å²) in [6.45, 7) is 2.95. The molecule has 0 aromatic heterocycles. The van der Waals surface area contributed by atoms with E-state index in [4.69, 9.17) is 11.6 Å². The lowest BCUT2D eigenvalue weighted by Gasteiger charge is -2.30. The largest absolute Gasteiger partial charge is 0.346 e. The smallest absolute Gasteiger partial charge is 0.227 e. The standard InChI is InChI=1S/C19H27ClN2O2/c1-3-4-13-22(2)19(24)15-11-9-14(10-12-15)18(23)21-17-8-6-5-7-16(17)20/h5-8,14-15H,3-4,9-13H2,1-2H3,(H,21,23). The van der Waals surface area contributed by atoms with E-state index in [-0.39, 0.29) is 23.7 Å². The van der Waals surface area contributed by atoms with Crippen LogP contribution in [-0.2, 0) is 9.59 Å². The Morgan fingerprint density at radius 2 is 1.79 bits per heavy atom. The third-order valence-corrected chi connectivity index (χ3v) is 5.13. The molecule has 132 valence electrons. The van der Waals surface area contributed by atoms with Crippen LogP contribution in [0.25, 0.3) is 0 Å². The van der Waals surface area contributed by atoms with E-state index < -0.39 is 0 Å². The van der Waals surface area contributed by atoms with E-state index in [1.807, 2.05) is 24.1 Å². The van der Waals surface area contributed by atoms with Gasteiger partial charge in [0.1, 0.15) is 0 Å². The van der Waals surface area contributed by atoms with Gasteiger partial charge in [0.2, 0.25) is 11.8 Å². The first-order valence-corrected chi connectivity index (χ1v) is 9.21. The molecule has 1 aromatic carbocycles. The number of amides is 2. The Morgan fingerprint density at radius 1 is 1.17 bits per heavy atom. The van der Waals surface area contributed by atoms with Gasteiger partial charge in [-0.1, -0.05) is 37.1 Å². The highest BCUT2D eigenvalue weighted by Crippen LogP contribution is 2.31. The van der Waals surface area contributed by atoms with Crippen molar-refractivity contribution in [3.8, 4) is 0 Å². The Kier molecular flexibility index (Phi) is 7.10. The highest BCUT2D eigenvalue weighted by molar-refractivity contribution is 6.33. The van der Waals surface area contributed by atoms with Gasteiger partial charge < -0.3 is 10.2 Å². The number of carbonyl (C=O) groups excluding carboxylic acids is 2. The molecule has 0 bridgehead atoms. The van der Waals surface area contributed by atoms with Crippen LogP contribution in [0.2, 0.25) is 5.02 Å². The molecule has 2 rings (SSSR count). The monoisotopic (exact) mass is 350 g/mol. The number of unbranched alkanes of at least 4 members (excludes halogenated alkanes) is 1. The molecular weight excluding hydrogens is 324 g/mol. The van der Waals surface area contributed by atoms with Crippen molar-refractivity contribution in [3.05, 3.63) is 29.3 Å². The van der Waals surface area contributed by atoms with Crippen molar-refractivity contribution in [1.29, 1.82) is 0 Å². The van der Waals surface area contributed by atoms with Gasteiger partial charge in [0.05, 0.1) is 10.7 Å². The second-order valence-electron chi connectivity index (χ2n) is 6.63. The minimum absolute atomic E-state index is 0.00772. The van der Waals surface area contributed by atoms with Crippen LogP contribution >= 0.6 is 11.6 Å². The maximum Gasteiger partial charge on any atom is 0.227 e. The predicted molar refractivity (Wildman–Crippen MR) is 98.1 cm³/mol. The molecule has 1 N–H and O–H groups in total. The van der Waals surface area contributed by atoms with Crippen LogP contribution in [0.15, 0.2) is 24.3 Å². The molecule has 1 fully saturated rings. The molecule has 1 saturated carbocycles. The number of nitrogens with zero attached hydrogens (tertiary/aromatic N) is 1. The summed E-state index contributed by atoms with van der Waals surface area (Å²) in [5.74, 6) is 0.268. The predicted octanol–water partition coefficient (Wildman–Crippen LogP) is 4.34. The van der Waals surface area contributed by atoms with Gasteiger partial charge in [-0.2, -0.15) is 0 Å². The Morgan fingerprint density at radius 3 is 2.42 bits per heavy atom. The fourth-order valence-electron chi connectivity index (χ4n) is 3.22. The maximum absolute atomic E-state index is 12.4. The van der Waals surface area contributed by atoms with Gasteiger partial charge in [-0.15, -0.1) is 0 Å². The Bertz CT molecular complexity index is 568. The zero-order valence-electron chi connectivity index (χ0n) is 14.6. The average Bonchev–Trinajstić information content (AvgIpc) is 2.61. The minimum Gasteiger partial charge on any atom is -0.346 e. The lowest BCUT2D eigenvalue weighted by molar-refractivity contribution is -0.136. The van der Waals surface area contributed by atoms with Gasteiger partial charge in [0.15, 0.2) is 0 Å². The summed E-state index contributed by atoms with van der Waals surface area (Å²) in [4.78, 5) is 26.7. The summed E-state index contributed by atoms with van der Waals surface area (Å²) in [6, 6.07) is 7.25. The molecular formula is C19H27ClN2O2. The first-order chi connectivity index (χ1) is 11.5. The molecule has 0 saturated heterocycles. The number of nitrogens with one attached hydrogen (secondary N) is 1. The van der Waals surface area contributed by atoms with Crippen molar-refractivity contribution in [2.75, 3.05) is 18.9 Å². The van der Waals surface area contributed by atoms with Crippen LogP contribution in [0.5, 0.6) is 0 Å². The normalized spacial score (nSPS) is 20.5. The minimum atomic E-state index is -0.0359. The van der Waals surface area contributed by atoms with E-state index in [1.165, 1.54) is 0 Å². The summed E-state index contributed by atoms with van der Waals surface area (Å²) >= 11 is 6.08. The number of rotatable bonds is 6. The summed E-state index contributed by atoms with van der Waals surface area (Å²) in [5, 5.41) is 3.46. The second-order valence-corrected chi connectivity index (χ2v) is 7.04. The zero-order chi connectivity index (χ0) is 17.5. The van der Waals surface area contributed by atoms with Crippen molar-refractivity contribution < 1.29 is 9.59 Å². The molecule has 0 heterocycles. The van der Waals surface area contributed by atoms with Crippen LogP contribution in [-0.4, -0.2) is 30.3 Å². The van der Waals surface area contributed by atoms with Gasteiger partial charge in [-0.3, -0.25) is 9.59 Å². The highest BCUT2D eigenvalue weighted by Gasteiger charge is 2.31. The SMILES string of the molecule is CCCCN(C)C(=O)C1CCC(C(=O)Nc2ccccc2Cl)CC1. The number of anilines is 1. The van der Waals surface area contributed by atoms with Gasteiger partial charge in [-0.25, -0.2) is 0 Å². The summed E-state index contributed by atoms with van der Waals surface area (Å²) in [7, 11) is 1.88. The van der Waals surface area contributed by atoms with Crippen molar-refractivity contribution in [2.45, 2.75) is 45.4 Å². The number of halogens is 1. The van der Waals surface area contributed by atoms with E-state index in [0.717, 1.165) is 45.1 Å². The third kappa shape index (κ3) is 4.97. The molecule has 1 aliphatic rings. The molecule has 0 aliphatic heterocycles. The Labute approximate surface area is 149 Å². The topological polar surface area (TPSA) is 49.4 Å². The van der Waals surface area contributed by atoms with Crippen LogP contribution in [0.1, 0.15) is 45.4 Å². The van der Waals surface area contributed by atoms with Crippen LogP contribution < -0.4 is 5.32 Å². The first kappa shape index (κ1) is 18.8. The number of hydrogen-bond donors (Lipinski definition) is 1. The fraction of sp³-hybridized carbons (Fsp3) is 0.579. The molecule has 0 unspecified atom stereocenters. The molecule has 4 nitrogen and oxygen atoms in total. The van der Waals surface area contributed by atoms with Crippen molar-refractivity contribution >= 4 is 29.1 Å². The Balaban J connectivity index is 1.83.